The maximum absolute atomic E-state index is 12.0. The maximum atomic E-state index is 12.0. The number of cyclic esters (lactones) is 1. The first kappa shape index (κ1) is 14.5. The first-order chi connectivity index (χ1) is 9.45. The molecule has 0 aliphatic carbocycles. The molecule has 0 aromatic rings. The largest absolute Gasteiger partial charge is 0.450 e. The number of hydrogen-bond acceptors (Lipinski definition) is 6. The van der Waals surface area contributed by atoms with E-state index in [0.29, 0.717) is 19.4 Å². The highest BCUT2D eigenvalue weighted by molar-refractivity contribution is 5.94. The van der Waals surface area contributed by atoms with Gasteiger partial charge in [-0.25, -0.2) is 4.79 Å². The molecule has 1 amide bonds. The van der Waals surface area contributed by atoms with E-state index in [1.807, 2.05) is 0 Å². The van der Waals surface area contributed by atoms with Crippen molar-refractivity contribution in [1.82, 2.24) is 4.90 Å². The number of esters is 1. The van der Waals surface area contributed by atoms with E-state index in [4.69, 9.17) is 9.47 Å². The van der Waals surface area contributed by atoms with Crippen molar-refractivity contribution in [2.45, 2.75) is 51.4 Å². The van der Waals surface area contributed by atoms with Gasteiger partial charge in [-0.1, -0.05) is 6.92 Å². The number of piperidine rings is 1. The average Bonchev–Trinajstić information content (AvgIpc) is 2.74. The fourth-order valence-corrected chi connectivity index (χ4v) is 2.62. The van der Waals surface area contributed by atoms with E-state index in [-0.39, 0.29) is 18.0 Å². The van der Waals surface area contributed by atoms with Gasteiger partial charge in [0.05, 0.1) is 0 Å². The number of carbonyl (C=O) groups is 4. The van der Waals surface area contributed by atoms with Crippen LogP contribution >= 0.6 is 0 Å². The van der Waals surface area contributed by atoms with Crippen molar-refractivity contribution in [3.05, 3.63) is 0 Å². The molecule has 2 saturated heterocycles. The highest BCUT2D eigenvalue weighted by Crippen LogP contribution is 2.29. The number of hydrogen-bond donors (Lipinski definition) is 0. The SMILES string of the molecule is CCC(=O)[C@H](OC(C)=O)[C@H]1OC(=O)N2CCCC(=O)[C@@H]12. The van der Waals surface area contributed by atoms with Gasteiger partial charge in [0.15, 0.2) is 23.8 Å². The van der Waals surface area contributed by atoms with E-state index in [2.05, 4.69) is 0 Å². The summed E-state index contributed by atoms with van der Waals surface area (Å²) in [6.07, 6.45) is -1.83. The van der Waals surface area contributed by atoms with Gasteiger partial charge in [-0.05, 0) is 6.42 Å². The number of fused-ring (bicyclic) bond motifs is 1. The third-order valence-electron chi connectivity index (χ3n) is 3.53. The molecule has 0 aromatic heterocycles. The van der Waals surface area contributed by atoms with E-state index in [0.717, 1.165) is 0 Å². The lowest BCUT2D eigenvalue weighted by Crippen LogP contribution is -2.52. The quantitative estimate of drug-likeness (QED) is 0.696. The Labute approximate surface area is 116 Å². The van der Waals surface area contributed by atoms with Gasteiger partial charge in [-0.3, -0.25) is 19.3 Å². The van der Waals surface area contributed by atoms with Crippen LogP contribution in [0.2, 0.25) is 0 Å². The molecule has 2 aliphatic rings. The Kier molecular flexibility index (Phi) is 4.06. The van der Waals surface area contributed by atoms with Gasteiger partial charge in [0.2, 0.25) is 0 Å². The van der Waals surface area contributed by atoms with Crippen LogP contribution in [0, 0.1) is 0 Å². The third-order valence-corrected chi connectivity index (χ3v) is 3.53. The molecule has 0 radical (unpaired) electrons. The van der Waals surface area contributed by atoms with Crippen molar-refractivity contribution in [2.24, 2.45) is 0 Å². The Morgan fingerprint density at radius 1 is 1.45 bits per heavy atom. The Hall–Kier alpha value is -1.92. The molecule has 7 heteroatoms. The molecule has 0 spiro atoms. The van der Waals surface area contributed by atoms with Crippen LogP contribution in [0.5, 0.6) is 0 Å². The maximum Gasteiger partial charge on any atom is 0.411 e. The summed E-state index contributed by atoms with van der Waals surface area (Å²) in [7, 11) is 0. The summed E-state index contributed by atoms with van der Waals surface area (Å²) < 4.78 is 10.1. The molecule has 110 valence electrons. The molecular formula is C13H17NO6. The smallest absolute Gasteiger partial charge is 0.411 e. The van der Waals surface area contributed by atoms with Crippen molar-refractivity contribution < 1.29 is 28.7 Å². The van der Waals surface area contributed by atoms with Gasteiger partial charge in [-0.2, -0.15) is 0 Å². The van der Waals surface area contributed by atoms with Gasteiger partial charge < -0.3 is 9.47 Å². The topological polar surface area (TPSA) is 90.0 Å². The van der Waals surface area contributed by atoms with E-state index in [1.54, 1.807) is 6.92 Å². The highest BCUT2D eigenvalue weighted by atomic mass is 16.6. The molecule has 2 fully saturated rings. The van der Waals surface area contributed by atoms with Crippen LogP contribution in [-0.4, -0.2) is 53.3 Å². The summed E-state index contributed by atoms with van der Waals surface area (Å²) in [5.41, 5.74) is 0. The molecular weight excluding hydrogens is 266 g/mol. The third kappa shape index (κ3) is 2.52. The number of nitrogens with zero attached hydrogens (tertiary/aromatic N) is 1. The fourth-order valence-electron chi connectivity index (χ4n) is 2.62. The Balaban J connectivity index is 2.27. The minimum Gasteiger partial charge on any atom is -0.450 e. The number of rotatable bonds is 4. The van der Waals surface area contributed by atoms with Crippen molar-refractivity contribution in [3.8, 4) is 0 Å². The average molecular weight is 283 g/mol. The zero-order valence-corrected chi connectivity index (χ0v) is 11.5. The van der Waals surface area contributed by atoms with E-state index < -0.39 is 30.3 Å². The van der Waals surface area contributed by atoms with Crippen LogP contribution in [0.1, 0.15) is 33.1 Å². The van der Waals surface area contributed by atoms with Crippen molar-refractivity contribution in [1.29, 1.82) is 0 Å². The predicted octanol–water partition coefficient (Wildman–Crippen LogP) is 0.449. The fraction of sp³-hybridized carbons (Fsp3) is 0.692. The lowest BCUT2D eigenvalue weighted by Gasteiger charge is -2.30. The second kappa shape index (κ2) is 5.60. The summed E-state index contributed by atoms with van der Waals surface area (Å²) in [6, 6.07) is -0.823. The normalized spacial score (nSPS) is 26.8. The number of amides is 1. The minimum absolute atomic E-state index is 0.132. The first-order valence-corrected chi connectivity index (χ1v) is 6.65. The second-order valence-corrected chi connectivity index (χ2v) is 4.91. The summed E-state index contributed by atoms with van der Waals surface area (Å²) in [6.45, 7) is 3.21. The van der Waals surface area contributed by atoms with Crippen LogP contribution in [0.25, 0.3) is 0 Å². The molecule has 0 N–H and O–H groups in total. The van der Waals surface area contributed by atoms with Crippen molar-refractivity contribution in [2.75, 3.05) is 6.54 Å². The summed E-state index contributed by atoms with van der Waals surface area (Å²) in [5, 5.41) is 0. The lowest BCUT2D eigenvalue weighted by molar-refractivity contribution is -0.160. The number of Topliss-reactive ketones (excluding diaryl/α,β-unsaturated/α-hetero) is 2. The number of ketones is 2. The molecule has 2 aliphatic heterocycles. The van der Waals surface area contributed by atoms with Crippen LogP contribution < -0.4 is 0 Å². The zero-order chi connectivity index (χ0) is 14.9. The summed E-state index contributed by atoms with van der Waals surface area (Å²) in [5.74, 6) is -1.17. The van der Waals surface area contributed by atoms with Crippen LogP contribution in [0.4, 0.5) is 4.79 Å². The second-order valence-electron chi connectivity index (χ2n) is 4.91. The van der Waals surface area contributed by atoms with E-state index in [1.165, 1.54) is 11.8 Å². The van der Waals surface area contributed by atoms with Crippen LogP contribution in [-0.2, 0) is 23.9 Å². The first-order valence-electron chi connectivity index (χ1n) is 6.65. The molecule has 2 rings (SSSR count). The van der Waals surface area contributed by atoms with Gasteiger partial charge in [0, 0.05) is 26.3 Å². The molecule has 0 bridgehead atoms. The number of ether oxygens (including phenoxy) is 2. The molecule has 2 heterocycles. The Morgan fingerprint density at radius 3 is 2.75 bits per heavy atom. The molecule has 0 aromatic carbocycles. The van der Waals surface area contributed by atoms with Gasteiger partial charge in [0.25, 0.3) is 0 Å². The number of carbonyl (C=O) groups excluding carboxylic acids is 4. The van der Waals surface area contributed by atoms with Gasteiger partial charge >= 0.3 is 12.1 Å². The highest BCUT2D eigenvalue weighted by Gasteiger charge is 2.53. The van der Waals surface area contributed by atoms with Crippen LogP contribution in [0.15, 0.2) is 0 Å². The molecule has 3 atom stereocenters. The predicted molar refractivity (Wildman–Crippen MR) is 65.9 cm³/mol. The molecule has 7 nitrogen and oxygen atoms in total. The minimum atomic E-state index is -1.21. The lowest BCUT2D eigenvalue weighted by atomic mass is 9.92. The molecule has 0 saturated carbocycles. The molecule has 0 unspecified atom stereocenters. The van der Waals surface area contributed by atoms with Gasteiger partial charge in [0.1, 0.15) is 6.04 Å². The zero-order valence-electron chi connectivity index (χ0n) is 11.5. The van der Waals surface area contributed by atoms with E-state index >= 15 is 0 Å². The Bertz CT molecular complexity index is 460. The monoisotopic (exact) mass is 283 g/mol. The van der Waals surface area contributed by atoms with Crippen LogP contribution in [0.3, 0.4) is 0 Å². The Morgan fingerprint density at radius 2 is 2.15 bits per heavy atom. The van der Waals surface area contributed by atoms with E-state index in [9.17, 15) is 19.2 Å². The summed E-state index contributed by atoms with van der Waals surface area (Å²) >= 11 is 0. The van der Waals surface area contributed by atoms with Crippen molar-refractivity contribution >= 4 is 23.6 Å². The van der Waals surface area contributed by atoms with Crippen molar-refractivity contribution in [3.63, 3.8) is 0 Å². The molecule has 20 heavy (non-hydrogen) atoms. The summed E-state index contributed by atoms with van der Waals surface area (Å²) in [4.78, 5) is 48.2. The van der Waals surface area contributed by atoms with Gasteiger partial charge in [-0.15, -0.1) is 0 Å². The standard InChI is InChI=1S/C13H17NO6/c1-3-8(16)11(19-7(2)15)12-10-9(17)5-4-6-14(10)13(18)20-12/h10-12H,3-6H2,1-2H3/t10-,11-,12-/m0/s1.